The summed E-state index contributed by atoms with van der Waals surface area (Å²) in [7, 11) is 0. The largest absolute Gasteiger partial charge is 0.411 e. The fourth-order valence-electron chi connectivity index (χ4n) is 6.47. The molecule has 4 aliphatic rings. The average molecular weight is 319 g/mol. The van der Waals surface area contributed by atoms with Crippen LogP contribution in [0.1, 0.15) is 58.8 Å². The van der Waals surface area contributed by atoms with Crippen LogP contribution in [-0.4, -0.2) is 33.3 Å². The van der Waals surface area contributed by atoms with Crippen LogP contribution < -0.4 is 0 Å². The number of hydrogen-bond donors (Lipinski definition) is 3. The van der Waals surface area contributed by atoms with Gasteiger partial charge in [0, 0.05) is 5.92 Å². The van der Waals surface area contributed by atoms with E-state index in [9.17, 15) is 15.4 Å². The maximum Gasteiger partial charge on any atom is 0.0832 e. The zero-order chi connectivity index (χ0) is 16.4. The van der Waals surface area contributed by atoms with Crippen LogP contribution in [0.15, 0.2) is 16.8 Å². The van der Waals surface area contributed by atoms with E-state index in [4.69, 9.17) is 0 Å². The third-order valence-electron chi connectivity index (χ3n) is 8.00. The summed E-state index contributed by atoms with van der Waals surface area (Å²) in [6.07, 6.45) is 8.23. The van der Waals surface area contributed by atoms with Gasteiger partial charge in [-0.25, -0.2) is 0 Å². The fourth-order valence-corrected chi connectivity index (χ4v) is 6.47. The van der Waals surface area contributed by atoms with Crippen LogP contribution in [0.4, 0.5) is 0 Å². The predicted molar refractivity (Wildman–Crippen MR) is 88.3 cm³/mol. The van der Waals surface area contributed by atoms with Crippen molar-refractivity contribution in [2.45, 2.75) is 71.0 Å². The van der Waals surface area contributed by atoms with E-state index in [-0.39, 0.29) is 29.0 Å². The van der Waals surface area contributed by atoms with E-state index in [1.807, 2.05) is 0 Å². The summed E-state index contributed by atoms with van der Waals surface area (Å²) in [6.45, 7) is 4.58. The van der Waals surface area contributed by atoms with Gasteiger partial charge in [0.15, 0.2) is 0 Å². The number of oxime groups is 1. The Morgan fingerprint density at radius 2 is 1.83 bits per heavy atom. The second-order valence-electron chi connectivity index (χ2n) is 8.88. The molecule has 0 bridgehead atoms. The summed E-state index contributed by atoms with van der Waals surface area (Å²) in [6, 6.07) is 0. The summed E-state index contributed by atoms with van der Waals surface area (Å²) < 4.78 is 0. The Morgan fingerprint density at radius 3 is 2.57 bits per heavy atom. The minimum Gasteiger partial charge on any atom is -0.411 e. The lowest BCUT2D eigenvalue weighted by Crippen LogP contribution is -2.54. The first-order valence-electron chi connectivity index (χ1n) is 9.19. The van der Waals surface area contributed by atoms with Gasteiger partial charge in [0.2, 0.25) is 0 Å². The minimum atomic E-state index is -0.257. The summed E-state index contributed by atoms with van der Waals surface area (Å²) in [5.74, 6) is 1.13. The second kappa shape index (κ2) is 5.06. The zero-order valence-corrected chi connectivity index (χ0v) is 14.2. The Morgan fingerprint density at radius 1 is 1.04 bits per heavy atom. The van der Waals surface area contributed by atoms with Gasteiger partial charge in [-0.05, 0) is 73.7 Å². The van der Waals surface area contributed by atoms with E-state index < -0.39 is 0 Å². The molecule has 0 spiro atoms. The molecule has 3 fully saturated rings. The maximum atomic E-state index is 10.5. The molecule has 0 aromatic carbocycles. The van der Waals surface area contributed by atoms with Crippen molar-refractivity contribution in [1.82, 2.24) is 0 Å². The minimum absolute atomic E-state index is 0.0347. The molecule has 23 heavy (non-hydrogen) atoms. The standard InChI is InChI=1S/C19H29NO3/c1-18-7-5-12(21)9-11(18)10-15(20-23)17-13-3-4-16(22)19(13,2)8-6-14(17)18/h10,12-14,16-17,21-23H,3-9H2,1-2H3/b20-15-/t12-,13?,14?,16-,17?,18-,19-/m0/s1. The molecule has 4 heteroatoms. The molecule has 3 saturated carbocycles. The zero-order valence-electron chi connectivity index (χ0n) is 14.2. The van der Waals surface area contributed by atoms with Crippen LogP contribution in [0.5, 0.6) is 0 Å². The molecule has 3 unspecified atom stereocenters. The van der Waals surface area contributed by atoms with Crippen molar-refractivity contribution in [2.75, 3.05) is 0 Å². The Bertz CT molecular complexity index is 571. The van der Waals surface area contributed by atoms with Crippen LogP contribution in [0.2, 0.25) is 0 Å². The molecule has 4 nitrogen and oxygen atoms in total. The van der Waals surface area contributed by atoms with Gasteiger partial charge in [0.05, 0.1) is 17.9 Å². The van der Waals surface area contributed by atoms with E-state index in [0.717, 1.165) is 44.2 Å². The van der Waals surface area contributed by atoms with Gasteiger partial charge < -0.3 is 15.4 Å². The van der Waals surface area contributed by atoms with Gasteiger partial charge in [0.1, 0.15) is 0 Å². The van der Waals surface area contributed by atoms with Crippen LogP contribution in [-0.2, 0) is 0 Å². The van der Waals surface area contributed by atoms with Crippen molar-refractivity contribution >= 4 is 5.71 Å². The van der Waals surface area contributed by atoms with Crippen LogP contribution in [0.25, 0.3) is 0 Å². The van der Waals surface area contributed by atoms with E-state index >= 15 is 0 Å². The van der Waals surface area contributed by atoms with Gasteiger partial charge in [-0.3, -0.25) is 0 Å². The highest BCUT2D eigenvalue weighted by molar-refractivity contribution is 5.99. The number of hydrogen-bond acceptors (Lipinski definition) is 4. The molecule has 0 radical (unpaired) electrons. The Hall–Kier alpha value is -0.870. The second-order valence-corrected chi connectivity index (χ2v) is 8.88. The Kier molecular flexibility index (Phi) is 3.44. The van der Waals surface area contributed by atoms with Gasteiger partial charge in [0.25, 0.3) is 0 Å². The monoisotopic (exact) mass is 319 g/mol. The quantitative estimate of drug-likeness (QED) is 0.474. The summed E-state index contributed by atoms with van der Waals surface area (Å²) in [4.78, 5) is 0. The van der Waals surface area contributed by atoms with E-state index in [2.05, 4.69) is 25.1 Å². The molecule has 0 heterocycles. The SMILES string of the molecule is C[C@]12CC[C@H](O)CC1=C/C(=N/O)C1C2CC[C@@]2(C)C1CC[C@@H]2O. The summed E-state index contributed by atoms with van der Waals surface area (Å²) >= 11 is 0. The highest BCUT2D eigenvalue weighted by Crippen LogP contribution is 2.64. The van der Waals surface area contributed by atoms with Gasteiger partial charge >= 0.3 is 0 Å². The van der Waals surface area contributed by atoms with Crippen molar-refractivity contribution in [3.05, 3.63) is 11.6 Å². The molecular formula is C19H29NO3. The van der Waals surface area contributed by atoms with Crippen molar-refractivity contribution < 1.29 is 15.4 Å². The molecule has 0 amide bonds. The lowest BCUT2D eigenvalue weighted by molar-refractivity contribution is -0.0490. The van der Waals surface area contributed by atoms with E-state index in [1.54, 1.807) is 0 Å². The van der Waals surface area contributed by atoms with Crippen molar-refractivity contribution in [3.8, 4) is 0 Å². The molecular weight excluding hydrogens is 290 g/mol. The predicted octanol–water partition coefficient (Wildman–Crippen LogP) is 3.11. The lowest BCUT2D eigenvalue weighted by Gasteiger charge is -2.57. The Labute approximate surface area is 138 Å². The lowest BCUT2D eigenvalue weighted by atomic mass is 9.47. The number of nitrogens with zero attached hydrogens (tertiary/aromatic N) is 1. The number of aliphatic hydroxyl groups excluding tert-OH is 2. The van der Waals surface area contributed by atoms with Crippen molar-refractivity contribution in [2.24, 2.45) is 33.7 Å². The molecule has 4 rings (SSSR count). The van der Waals surface area contributed by atoms with Crippen LogP contribution in [0.3, 0.4) is 0 Å². The molecule has 0 aromatic heterocycles. The highest BCUT2D eigenvalue weighted by atomic mass is 16.4. The van der Waals surface area contributed by atoms with Crippen molar-refractivity contribution in [1.29, 1.82) is 0 Å². The number of fused-ring (bicyclic) bond motifs is 5. The molecule has 4 aliphatic carbocycles. The normalized spacial score (nSPS) is 54.2. The average Bonchev–Trinajstić information content (AvgIpc) is 2.83. The molecule has 7 atom stereocenters. The number of rotatable bonds is 0. The first-order chi connectivity index (χ1) is 10.9. The molecule has 0 aliphatic heterocycles. The van der Waals surface area contributed by atoms with E-state index in [1.165, 1.54) is 5.57 Å². The summed E-state index contributed by atoms with van der Waals surface area (Å²) in [5, 5.41) is 33.9. The molecule has 0 saturated heterocycles. The third kappa shape index (κ3) is 2.00. The smallest absolute Gasteiger partial charge is 0.0832 e. The third-order valence-corrected chi connectivity index (χ3v) is 8.00. The van der Waals surface area contributed by atoms with Crippen molar-refractivity contribution in [3.63, 3.8) is 0 Å². The first-order valence-corrected chi connectivity index (χ1v) is 9.19. The van der Waals surface area contributed by atoms with E-state index in [0.29, 0.717) is 18.3 Å². The number of aliphatic hydroxyl groups is 2. The van der Waals surface area contributed by atoms with Crippen LogP contribution in [0, 0.1) is 28.6 Å². The Balaban J connectivity index is 1.79. The van der Waals surface area contributed by atoms with Crippen LogP contribution >= 0.6 is 0 Å². The van der Waals surface area contributed by atoms with Gasteiger partial charge in [-0.1, -0.05) is 24.6 Å². The summed E-state index contributed by atoms with van der Waals surface area (Å²) in [5.41, 5.74) is 2.15. The maximum absolute atomic E-state index is 10.5. The van der Waals surface area contributed by atoms with Gasteiger partial charge in [-0.2, -0.15) is 0 Å². The number of allylic oxidation sites excluding steroid dienone is 1. The molecule has 0 aromatic rings. The van der Waals surface area contributed by atoms with Gasteiger partial charge in [-0.15, -0.1) is 0 Å². The molecule has 3 N–H and O–H groups in total. The topological polar surface area (TPSA) is 73.1 Å². The first kappa shape index (κ1) is 15.6. The fraction of sp³-hybridized carbons (Fsp3) is 0.842. The highest BCUT2D eigenvalue weighted by Gasteiger charge is 2.60. The molecule has 128 valence electrons.